The molecule has 1 fully saturated rings. The molecule has 1 saturated heterocycles. The van der Waals surface area contributed by atoms with Gasteiger partial charge in [-0.1, -0.05) is 30.3 Å². The number of ether oxygens (including phenoxy) is 2. The minimum Gasteiger partial charge on any atom is -0.507 e. The summed E-state index contributed by atoms with van der Waals surface area (Å²) in [4.78, 5) is 24.7. The number of hydrogen-bond donors (Lipinski definition) is 6. The first kappa shape index (κ1) is 22.7. The van der Waals surface area contributed by atoms with Gasteiger partial charge in [-0.2, -0.15) is 0 Å². The van der Waals surface area contributed by atoms with Gasteiger partial charge in [0.1, 0.15) is 47.2 Å². The highest BCUT2D eigenvalue weighted by Crippen LogP contribution is 2.35. The number of rotatable bonds is 7. The van der Waals surface area contributed by atoms with Gasteiger partial charge in [0.15, 0.2) is 11.6 Å². The molecule has 5 atom stereocenters. The van der Waals surface area contributed by atoms with Crippen LogP contribution in [0.15, 0.2) is 42.5 Å². The van der Waals surface area contributed by atoms with Crippen LogP contribution >= 0.6 is 0 Å². The van der Waals surface area contributed by atoms with Crippen molar-refractivity contribution in [1.82, 2.24) is 0 Å². The molecule has 10 nitrogen and oxygen atoms in total. The highest BCUT2D eigenvalue weighted by molar-refractivity contribution is 6.15. The van der Waals surface area contributed by atoms with Crippen LogP contribution in [0.1, 0.15) is 27.1 Å². The molecule has 0 aliphatic carbocycles. The molecule has 2 aromatic carbocycles. The summed E-state index contributed by atoms with van der Waals surface area (Å²) < 4.78 is 10.5. The van der Waals surface area contributed by atoms with Gasteiger partial charge in [0.25, 0.3) is 0 Å². The van der Waals surface area contributed by atoms with Crippen molar-refractivity contribution in [3.05, 3.63) is 53.6 Å². The Kier molecular flexibility index (Phi) is 6.88. The number of phenolic OH excluding ortho intramolecular Hbond substituents is 2. The van der Waals surface area contributed by atoms with Crippen molar-refractivity contribution in [3.8, 4) is 17.2 Å². The van der Waals surface area contributed by atoms with E-state index in [0.717, 1.165) is 12.1 Å². The Balaban J connectivity index is 1.76. The van der Waals surface area contributed by atoms with E-state index in [-0.39, 0.29) is 5.75 Å². The highest BCUT2D eigenvalue weighted by atomic mass is 16.7. The minimum absolute atomic E-state index is 0.231. The van der Waals surface area contributed by atoms with Crippen molar-refractivity contribution in [2.45, 2.75) is 37.1 Å². The number of benzene rings is 2. The molecule has 2 aromatic rings. The largest absolute Gasteiger partial charge is 0.507 e. The SMILES string of the molecule is O=C(CC(=O)c1c(O)cc(OC2OC(CO)C(O)C(O)C2O)cc1O)c1ccccc1. The van der Waals surface area contributed by atoms with Gasteiger partial charge in [-0.3, -0.25) is 9.59 Å². The second-order valence-corrected chi connectivity index (χ2v) is 7.04. The fourth-order valence-electron chi connectivity index (χ4n) is 3.20. The summed E-state index contributed by atoms with van der Waals surface area (Å²) in [6, 6.07) is 9.97. The van der Waals surface area contributed by atoms with Gasteiger partial charge in [-0.15, -0.1) is 0 Å². The Morgan fingerprint density at radius 2 is 1.52 bits per heavy atom. The first-order valence-electron chi connectivity index (χ1n) is 9.37. The Bertz CT molecular complexity index is 919. The lowest BCUT2D eigenvalue weighted by molar-refractivity contribution is -0.277. The number of aliphatic hydroxyl groups is 4. The molecule has 1 heterocycles. The van der Waals surface area contributed by atoms with E-state index < -0.39 is 72.4 Å². The minimum atomic E-state index is -1.70. The molecule has 0 bridgehead atoms. The lowest BCUT2D eigenvalue weighted by atomic mass is 9.99. The first-order valence-corrected chi connectivity index (χ1v) is 9.37. The summed E-state index contributed by atoms with van der Waals surface area (Å²) in [5.74, 6) is -2.89. The second-order valence-electron chi connectivity index (χ2n) is 7.04. The molecular weight excluding hydrogens is 412 g/mol. The number of carbonyl (C=O) groups excluding carboxylic acids is 2. The number of ketones is 2. The molecule has 6 N–H and O–H groups in total. The van der Waals surface area contributed by atoms with Crippen molar-refractivity contribution in [1.29, 1.82) is 0 Å². The van der Waals surface area contributed by atoms with Crippen LogP contribution < -0.4 is 4.74 Å². The summed E-state index contributed by atoms with van der Waals surface area (Å²) in [6.45, 7) is -0.663. The molecule has 166 valence electrons. The quantitative estimate of drug-likeness (QED) is 0.251. The standard InChI is InChI=1S/C21H22O10/c22-9-16-18(27)19(28)20(29)21(31-16)30-11-6-13(24)17(14(25)7-11)15(26)8-12(23)10-4-2-1-3-5-10/h1-7,16,18-22,24-25,27-29H,8-9H2. The van der Waals surface area contributed by atoms with Gasteiger partial charge in [0.2, 0.25) is 6.29 Å². The van der Waals surface area contributed by atoms with Crippen molar-refractivity contribution >= 4 is 11.6 Å². The fraction of sp³-hybridized carbons (Fsp3) is 0.333. The average Bonchev–Trinajstić information content (AvgIpc) is 2.74. The van der Waals surface area contributed by atoms with Crippen LogP contribution in [-0.4, -0.2) is 79.5 Å². The van der Waals surface area contributed by atoms with E-state index in [4.69, 9.17) is 9.47 Å². The predicted octanol–water partition coefficient (Wildman–Crippen LogP) is -0.268. The third kappa shape index (κ3) is 4.84. The third-order valence-electron chi connectivity index (χ3n) is 4.87. The lowest BCUT2D eigenvalue weighted by Gasteiger charge is -2.39. The van der Waals surface area contributed by atoms with Crippen LogP contribution in [0.25, 0.3) is 0 Å². The van der Waals surface area contributed by atoms with Gasteiger partial charge < -0.3 is 40.1 Å². The van der Waals surface area contributed by atoms with Crippen LogP contribution in [-0.2, 0) is 4.74 Å². The first-order chi connectivity index (χ1) is 14.7. The lowest BCUT2D eigenvalue weighted by Crippen LogP contribution is -2.60. The molecule has 5 unspecified atom stereocenters. The topological polar surface area (TPSA) is 174 Å². The maximum absolute atomic E-state index is 12.4. The zero-order valence-electron chi connectivity index (χ0n) is 16.2. The molecule has 10 heteroatoms. The summed E-state index contributed by atoms with van der Waals surface area (Å²) in [6.07, 6.45) is -8.30. The summed E-state index contributed by atoms with van der Waals surface area (Å²) >= 11 is 0. The number of carbonyl (C=O) groups is 2. The molecule has 0 amide bonds. The number of phenols is 2. The van der Waals surface area contributed by atoms with Gasteiger partial charge in [0, 0.05) is 17.7 Å². The number of Topliss-reactive ketones (excluding diaryl/α,β-unsaturated/α-hetero) is 2. The zero-order chi connectivity index (χ0) is 22.7. The van der Waals surface area contributed by atoms with Crippen molar-refractivity contribution in [3.63, 3.8) is 0 Å². The average molecular weight is 434 g/mol. The number of hydrogen-bond acceptors (Lipinski definition) is 10. The summed E-state index contributed by atoms with van der Waals surface area (Å²) in [5, 5.41) is 59.2. The summed E-state index contributed by atoms with van der Waals surface area (Å²) in [5.41, 5.74) is -0.178. The van der Waals surface area contributed by atoms with E-state index in [9.17, 15) is 40.2 Å². The second kappa shape index (κ2) is 9.41. The molecule has 0 saturated carbocycles. The van der Waals surface area contributed by atoms with Crippen molar-refractivity contribution in [2.75, 3.05) is 6.61 Å². The van der Waals surface area contributed by atoms with Crippen LogP contribution in [0.5, 0.6) is 17.2 Å². The highest BCUT2D eigenvalue weighted by Gasteiger charge is 2.44. The number of aromatic hydroxyl groups is 2. The van der Waals surface area contributed by atoms with E-state index >= 15 is 0 Å². The van der Waals surface area contributed by atoms with Gasteiger partial charge in [0.05, 0.1) is 13.0 Å². The Hall–Kier alpha value is -3.02. The molecule has 31 heavy (non-hydrogen) atoms. The Morgan fingerprint density at radius 1 is 0.903 bits per heavy atom. The van der Waals surface area contributed by atoms with E-state index in [2.05, 4.69) is 0 Å². The van der Waals surface area contributed by atoms with Crippen molar-refractivity contribution < 1.29 is 49.7 Å². The van der Waals surface area contributed by atoms with Crippen LogP contribution in [0, 0.1) is 0 Å². The van der Waals surface area contributed by atoms with Crippen LogP contribution in [0.4, 0.5) is 0 Å². The van der Waals surface area contributed by atoms with E-state index in [1.165, 1.54) is 12.1 Å². The van der Waals surface area contributed by atoms with Crippen molar-refractivity contribution in [2.24, 2.45) is 0 Å². The zero-order valence-corrected chi connectivity index (χ0v) is 16.2. The van der Waals surface area contributed by atoms with E-state index in [1.54, 1.807) is 18.2 Å². The monoisotopic (exact) mass is 434 g/mol. The predicted molar refractivity (Wildman–Crippen MR) is 104 cm³/mol. The maximum atomic E-state index is 12.4. The molecule has 0 spiro atoms. The van der Waals surface area contributed by atoms with Crippen LogP contribution in [0.2, 0.25) is 0 Å². The Morgan fingerprint density at radius 3 is 2.10 bits per heavy atom. The molecule has 1 aliphatic rings. The van der Waals surface area contributed by atoms with Gasteiger partial charge in [-0.05, 0) is 0 Å². The molecule has 0 aromatic heterocycles. The van der Waals surface area contributed by atoms with Gasteiger partial charge >= 0.3 is 0 Å². The van der Waals surface area contributed by atoms with Gasteiger partial charge in [-0.25, -0.2) is 0 Å². The van der Waals surface area contributed by atoms with E-state index in [0.29, 0.717) is 5.56 Å². The fourth-order valence-corrected chi connectivity index (χ4v) is 3.20. The molecular formula is C21H22O10. The number of aliphatic hydroxyl groups excluding tert-OH is 4. The molecule has 1 aliphatic heterocycles. The van der Waals surface area contributed by atoms with Crippen LogP contribution in [0.3, 0.4) is 0 Å². The smallest absolute Gasteiger partial charge is 0.229 e. The normalized spacial score (nSPS) is 25.7. The molecule has 3 rings (SSSR count). The van der Waals surface area contributed by atoms with E-state index in [1.807, 2.05) is 0 Å². The maximum Gasteiger partial charge on any atom is 0.229 e. The molecule has 0 radical (unpaired) electrons. The summed E-state index contributed by atoms with van der Waals surface area (Å²) in [7, 11) is 0. The third-order valence-corrected chi connectivity index (χ3v) is 4.87. The Labute approximate surface area is 176 Å².